The van der Waals surface area contributed by atoms with Crippen LogP contribution in [0.5, 0.6) is 11.5 Å². The lowest BCUT2D eigenvalue weighted by Crippen LogP contribution is -2.50. The van der Waals surface area contributed by atoms with Gasteiger partial charge in [0.2, 0.25) is 5.60 Å². The van der Waals surface area contributed by atoms with Crippen LogP contribution in [0, 0.1) is 0 Å². The van der Waals surface area contributed by atoms with Gasteiger partial charge in [-0.3, -0.25) is 4.79 Å². The minimum atomic E-state index is -0.988. The van der Waals surface area contributed by atoms with E-state index in [0.717, 1.165) is 49.3 Å². The Morgan fingerprint density at radius 1 is 1.20 bits per heavy atom. The van der Waals surface area contributed by atoms with E-state index in [2.05, 4.69) is 5.16 Å². The van der Waals surface area contributed by atoms with Gasteiger partial charge in [-0.05, 0) is 63.6 Å². The third-order valence-corrected chi connectivity index (χ3v) is 6.40. The van der Waals surface area contributed by atoms with E-state index < -0.39 is 5.60 Å². The number of methoxy groups -OCH3 is 2. The molecule has 1 saturated carbocycles. The molecule has 2 heterocycles. The summed E-state index contributed by atoms with van der Waals surface area (Å²) in [4.78, 5) is 20.9. The Morgan fingerprint density at radius 2 is 2.00 bits per heavy atom. The Bertz CT molecular complexity index is 805. The van der Waals surface area contributed by atoms with Crippen LogP contribution in [0.15, 0.2) is 23.4 Å². The van der Waals surface area contributed by atoms with Crippen molar-refractivity contribution in [3.8, 4) is 11.5 Å². The molecule has 7 nitrogen and oxygen atoms in total. The second-order valence-electron chi connectivity index (χ2n) is 8.68. The van der Waals surface area contributed by atoms with Gasteiger partial charge in [0, 0.05) is 25.6 Å². The van der Waals surface area contributed by atoms with Gasteiger partial charge in [-0.2, -0.15) is 0 Å². The van der Waals surface area contributed by atoms with E-state index in [-0.39, 0.29) is 18.1 Å². The fourth-order valence-corrected chi connectivity index (χ4v) is 4.72. The maximum atomic E-state index is 13.3. The normalized spacial score (nSPS) is 26.6. The molecule has 3 aliphatic rings. The van der Waals surface area contributed by atoms with E-state index in [4.69, 9.17) is 19.0 Å². The maximum absolute atomic E-state index is 13.3. The number of oxime groups is 1. The van der Waals surface area contributed by atoms with Crippen LogP contribution in [0.2, 0.25) is 0 Å². The van der Waals surface area contributed by atoms with E-state index in [1.807, 2.05) is 30.0 Å². The number of likely N-dealkylation sites (tertiary alicyclic amines) is 1. The average Bonchev–Trinajstić information content (AvgIpc) is 3.50. The van der Waals surface area contributed by atoms with Gasteiger partial charge in [0.15, 0.2) is 11.5 Å². The van der Waals surface area contributed by atoms with E-state index in [1.165, 1.54) is 12.8 Å². The summed E-state index contributed by atoms with van der Waals surface area (Å²) in [7, 11) is 3.32. The third kappa shape index (κ3) is 4.13. The highest BCUT2D eigenvalue weighted by molar-refractivity contribution is 6.05. The first-order valence-electron chi connectivity index (χ1n) is 10.9. The number of amides is 1. The summed E-state index contributed by atoms with van der Waals surface area (Å²) in [6.45, 7) is 3.12. The van der Waals surface area contributed by atoms with Crippen LogP contribution < -0.4 is 9.47 Å². The Morgan fingerprint density at radius 3 is 2.73 bits per heavy atom. The van der Waals surface area contributed by atoms with Gasteiger partial charge in [-0.15, -0.1) is 0 Å². The molecule has 1 aromatic carbocycles. The summed E-state index contributed by atoms with van der Waals surface area (Å²) in [6, 6.07) is 5.91. The van der Waals surface area contributed by atoms with Crippen LogP contribution >= 0.6 is 0 Å². The first kappa shape index (κ1) is 21.0. The standard InChI is InChI=1S/C23H32N2O5/c1-23(22(26)25-12-6-7-17(25)15-27-2)14-19(24-30-23)16-10-11-20(28-3)21(13-16)29-18-8-4-5-9-18/h10-11,13,17-18H,4-9,12,14-15H2,1-3H3. The van der Waals surface area contributed by atoms with Crippen molar-refractivity contribution < 1.29 is 23.8 Å². The molecule has 0 radical (unpaired) electrons. The van der Waals surface area contributed by atoms with Crippen LogP contribution in [-0.4, -0.2) is 61.6 Å². The van der Waals surface area contributed by atoms with Crippen molar-refractivity contribution in [2.45, 2.75) is 69.6 Å². The number of rotatable bonds is 7. The lowest BCUT2D eigenvalue weighted by atomic mass is 9.94. The Hall–Kier alpha value is -2.28. The number of nitrogens with zero attached hydrogens (tertiary/aromatic N) is 2. The van der Waals surface area contributed by atoms with Crippen molar-refractivity contribution in [2.24, 2.45) is 5.16 Å². The van der Waals surface area contributed by atoms with Crippen molar-refractivity contribution in [1.82, 2.24) is 4.90 Å². The molecule has 1 amide bonds. The molecular formula is C23H32N2O5. The Labute approximate surface area is 178 Å². The van der Waals surface area contributed by atoms with E-state index in [9.17, 15) is 4.79 Å². The molecule has 4 rings (SSSR count). The molecule has 30 heavy (non-hydrogen) atoms. The predicted octanol–water partition coefficient (Wildman–Crippen LogP) is 3.54. The molecule has 7 heteroatoms. The number of carbonyl (C=O) groups is 1. The van der Waals surface area contributed by atoms with Crippen LogP contribution in [0.3, 0.4) is 0 Å². The number of hydrogen-bond acceptors (Lipinski definition) is 6. The van der Waals surface area contributed by atoms with Crippen molar-refractivity contribution in [1.29, 1.82) is 0 Å². The number of carbonyl (C=O) groups excluding carboxylic acids is 1. The molecule has 2 fully saturated rings. The second kappa shape index (κ2) is 8.84. The minimum absolute atomic E-state index is 0.0169. The molecule has 0 spiro atoms. The molecule has 1 aliphatic carbocycles. The van der Waals surface area contributed by atoms with E-state index in [0.29, 0.717) is 18.8 Å². The van der Waals surface area contributed by atoms with Gasteiger partial charge in [0.1, 0.15) is 0 Å². The monoisotopic (exact) mass is 416 g/mol. The number of ether oxygens (including phenoxy) is 3. The number of hydrogen-bond donors (Lipinski definition) is 0. The van der Waals surface area contributed by atoms with Crippen LogP contribution in [0.1, 0.15) is 57.4 Å². The summed E-state index contributed by atoms with van der Waals surface area (Å²) in [6.07, 6.45) is 7.16. The van der Waals surface area contributed by atoms with Crippen molar-refractivity contribution >= 4 is 11.6 Å². The van der Waals surface area contributed by atoms with Crippen LogP contribution in [-0.2, 0) is 14.4 Å². The lowest BCUT2D eigenvalue weighted by Gasteiger charge is -2.31. The summed E-state index contributed by atoms with van der Waals surface area (Å²) < 4.78 is 17.0. The summed E-state index contributed by atoms with van der Waals surface area (Å²) >= 11 is 0. The summed E-state index contributed by atoms with van der Waals surface area (Å²) in [5.74, 6) is 1.42. The van der Waals surface area contributed by atoms with E-state index >= 15 is 0 Å². The van der Waals surface area contributed by atoms with Gasteiger partial charge >= 0.3 is 0 Å². The summed E-state index contributed by atoms with van der Waals surface area (Å²) in [5, 5.41) is 4.29. The molecule has 1 saturated heterocycles. The van der Waals surface area contributed by atoms with Gasteiger partial charge in [-0.25, -0.2) is 0 Å². The smallest absolute Gasteiger partial charge is 0.270 e. The van der Waals surface area contributed by atoms with Crippen molar-refractivity contribution in [3.05, 3.63) is 23.8 Å². The molecule has 0 bridgehead atoms. The van der Waals surface area contributed by atoms with Crippen LogP contribution in [0.25, 0.3) is 0 Å². The van der Waals surface area contributed by atoms with Gasteiger partial charge in [0.25, 0.3) is 5.91 Å². The first-order chi connectivity index (χ1) is 14.5. The van der Waals surface area contributed by atoms with E-state index in [1.54, 1.807) is 14.2 Å². The number of benzene rings is 1. The average molecular weight is 417 g/mol. The van der Waals surface area contributed by atoms with Gasteiger partial charge in [-0.1, -0.05) is 5.16 Å². The zero-order chi connectivity index (χ0) is 21.1. The fourth-order valence-electron chi connectivity index (χ4n) is 4.72. The molecule has 2 aliphatic heterocycles. The predicted molar refractivity (Wildman–Crippen MR) is 113 cm³/mol. The molecule has 1 aromatic rings. The minimum Gasteiger partial charge on any atom is -0.493 e. The largest absolute Gasteiger partial charge is 0.493 e. The topological polar surface area (TPSA) is 69.6 Å². The zero-order valence-corrected chi connectivity index (χ0v) is 18.2. The lowest BCUT2D eigenvalue weighted by molar-refractivity contribution is -0.155. The van der Waals surface area contributed by atoms with Crippen molar-refractivity contribution in [3.63, 3.8) is 0 Å². The quantitative estimate of drug-likeness (QED) is 0.680. The molecule has 2 atom stereocenters. The SMILES string of the molecule is COCC1CCCN1C(=O)C1(C)CC(c2ccc(OC)c(OC3CCCC3)c2)=NO1. The zero-order valence-electron chi connectivity index (χ0n) is 18.2. The highest BCUT2D eigenvalue weighted by Gasteiger charge is 2.47. The highest BCUT2D eigenvalue weighted by atomic mass is 16.7. The summed E-state index contributed by atoms with van der Waals surface area (Å²) in [5.41, 5.74) is 0.667. The molecule has 2 unspecified atom stereocenters. The fraction of sp³-hybridized carbons (Fsp3) is 0.652. The van der Waals surface area contributed by atoms with Gasteiger partial charge in [0.05, 0.1) is 31.6 Å². The maximum Gasteiger partial charge on any atom is 0.270 e. The first-order valence-corrected chi connectivity index (χ1v) is 10.9. The Kier molecular flexibility index (Phi) is 6.18. The van der Waals surface area contributed by atoms with Gasteiger partial charge < -0.3 is 23.9 Å². The highest BCUT2D eigenvalue weighted by Crippen LogP contribution is 2.36. The molecule has 0 N–H and O–H groups in total. The van der Waals surface area contributed by atoms with Crippen molar-refractivity contribution in [2.75, 3.05) is 27.4 Å². The third-order valence-electron chi connectivity index (χ3n) is 6.40. The molecular weight excluding hydrogens is 384 g/mol. The molecule has 0 aromatic heterocycles. The Balaban J connectivity index is 1.48. The van der Waals surface area contributed by atoms with Crippen LogP contribution in [0.4, 0.5) is 0 Å². The molecule has 164 valence electrons. The second-order valence-corrected chi connectivity index (χ2v) is 8.68.